The molecule has 3 heterocycles. The van der Waals surface area contributed by atoms with Crippen LogP contribution >= 0.6 is 0 Å². The standard InChI is InChI=1S/C34H34N2O2S/c1-23(2)21-26-22-34(5,35-31-17-11-9-16-29(31)25(4)33(26)35)20-19-30-24(3)28-15-10-12-18-32(28)36(30)39(37,38)27-13-7-6-8-14-27/h6-21,26H,22H2,1-5H3/b20-19+. The highest BCUT2D eigenvalue weighted by Crippen LogP contribution is 2.48. The molecule has 0 saturated heterocycles. The molecule has 5 aromatic rings. The van der Waals surface area contributed by atoms with E-state index in [9.17, 15) is 8.42 Å². The molecular weight excluding hydrogens is 500 g/mol. The van der Waals surface area contributed by atoms with Gasteiger partial charge >= 0.3 is 0 Å². The molecule has 0 bridgehead atoms. The number of aromatic nitrogens is 2. The fourth-order valence-electron chi connectivity index (χ4n) is 6.53. The summed E-state index contributed by atoms with van der Waals surface area (Å²) in [7, 11) is -3.81. The fourth-order valence-corrected chi connectivity index (χ4v) is 8.11. The van der Waals surface area contributed by atoms with E-state index >= 15 is 0 Å². The molecule has 0 aliphatic carbocycles. The molecule has 0 radical (unpaired) electrons. The van der Waals surface area contributed by atoms with Crippen molar-refractivity contribution in [1.82, 2.24) is 8.54 Å². The van der Waals surface area contributed by atoms with E-state index in [0.29, 0.717) is 11.2 Å². The van der Waals surface area contributed by atoms with Crippen LogP contribution in [0.25, 0.3) is 27.9 Å². The maximum Gasteiger partial charge on any atom is 0.268 e. The van der Waals surface area contributed by atoms with E-state index in [1.54, 1.807) is 24.3 Å². The van der Waals surface area contributed by atoms with Gasteiger partial charge in [0.2, 0.25) is 0 Å². The van der Waals surface area contributed by atoms with Crippen molar-refractivity contribution in [2.45, 2.75) is 57.4 Å². The molecule has 2 aromatic heterocycles. The lowest BCUT2D eigenvalue weighted by Crippen LogP contribution is -2.23. The number of fused-ring (bicyclic) bond motifs is 4. The van der Waals surface area contributed by atoms with E-state index in [-0.39, 0.29) is 16.4 Å². The van der Waals surface area contributed by atoms with Crippen LogP contribution in [0.1, 0.15) is 55.6 Å². The molecule has 198 valence electrons. The first-order chi connectivity index (χ1) is 18.6. The number of benzene rings is 3. The van der Waals surface area contributed by atoms with Gasteiger partial charge in [-0.25, -0.2) is 12.4 Å². The zero-order valence-electron chi connectivity index (χ0n) is 23.1. The van der Waals surface area contributed by atoms with Crippen molar-refractivity contribution in [3.63, 3.8) is 0 Å². The first-order valence-corrected chi connectivity index (χ1v) is 14.9. The fraction of sp³-hybridized carbons (Fsp3) is 0.235. The van der Waals surface area contributed by atoms with Gasteiger partial charge in [-0.15, -0.1) is 0 Å². The largest absolute Gasteiger partial charge is 0.334 e. The summed E-state index contributed by atoms with van der Waals surface area (Å²) in [4.78, 5) is 0.283. The summed E-state index contributed by atoms with van der Waals surface area (Å²) in [6, 6.07) is 25.1. The van der Waals surface area contributed by atoms with Gasteiger partial charge in [-0.3, -0.25) is 0 Å². The van der Waals surface area contributed by atoms with E-state index in [1.165, 1.54) is 31.7 Å². The first-order valence-electron chi connectivity index (χ1n) is 13.5. The van der Waals surface area contributed by atoms with E-state index < -0.39 is 10.0 Å². The Labute approximate surface area is 231 Å². The number of allylic oxidation sites excluding steroid dienone is 3. The number of para-hydroxylation sites is 2. The molecule has 1 aliphatic rings. The number of nitrogens with zero attached hydrogens (tertiary/aromatic N) is 2. The average molecular weight is 535 g/mol. The van der Waals surface area contributed by atoms with Crippen LogP contribution < -0.4 is 0 Å². The molecule has 5 heteroatoms. The highest BCUT2D eigenvalue weighted by molar-refractivity contribution is 7.90. The van der Waals surface area contributed by atoms with Crippen molar-refractivity contribution in [3.8, 4) is 0 Å². The van der Waals surface area contributed by atoms with Crippen molar-refractivity contribution in [1.29, 1.82) is 0 Å². The van der Waals surface area contributed by atoms with Crippen LogP contribution in [0.3, 0.4) is 0 Å². The zero-order chi connectivity index (χ0) is 27.5. The second-order valence-electron chi connectivity index (χ2n) is 11.2. The average Bonchev–Trinajstić information content (AvgIpc) is 3.50. The smallest absolute Gasteiger partial charge is 0.268 e. The van der Waals surface area contributed by atoms with E-state index in [0.717, 1.165) is 17.4 Å². The summed E-state index contributed by atoms with van der Waals surface area (Å²) in [5.41, 5.74) is 7.20. The molecule has 0 N–H and O–H groups in total. The predicted molar refractivity (Wildman–Crippen MR) is 162 cm³/mol. The van der Waals surface area contributed by atoms with Crippen molar-refractivity contribution in [2.75, 3.05) is 0 Å². The molecule has 4 nitrogen and oxygen atoms in total. The Bertz CT molecular complexity index is 1900. The van der Waals surface area contributed by atoms with Gasteiger partial charge in [-0.1, -0.05) is 72.3 Å². The Balaban J connectivity index is 1.58. The molecule has 6 rings (SSSR count). The highest BCUT2D eigenvalue weighted by Gasteiger charge is 2.40. The van der Waals surface area contributed by atoms with Crippen LogP contribution in [0.2, 0.25) is 0 Å². The van der Waals surface area contributed by atoms with Crippen LogP contribution in [0.5, 0.6) is 0 Å². The molecule has 39 heavy (non-hydrogen) atoms. The number of rotatable bonds is 5. The molecule has 0 spiro atoms. The quantitative estimate of drug-likeness (QED) is 0.213. The topological polar surface area (TPSA) is 44.0 Å². The Kier molecular flexibility index (Phi) is 5.96. The zero-order valence-corrected chi connectivity index (χ0v) is 24.0. The monoisotopic (exact) mass is 534 g/mol. The third-order valence-electron chi connectivity index (χ3n) is 8.22. The highest BCUT2D eigenvalue weighted by atomic mass is 32.2. The Morgan fingerprint density at radius 2 is 1.44 bits per heavy atom. The lowest BCUT2D eigenvalue weighted by Gasteiger charge is -2.25. The van der Waals surface area contributed by atoms with Crippen molar-refractivity contribution >= 4 is 37.9 Å². The van der Waals surface area contributed by atoms with E-state index in [1.807, 2.05) is 43.3 Å². The Hall–Kier alpha value is -3.83. The van der Waals surface area contributed by atoms with Gasteiger partial charge in [0.25, 0.3) is 10.0 Å². The molecule has 0 saturated carbocycles. The lowest BCUT2D eigenvalue weighted by atomic mass is 9.89. The van der Waals surface area contributed by atoms with Crippen molar-refractivity contribution in [2.24, 2.45) is 0 Å². The molecule has 2 unspecified atom stereocenters. The first kappa shape index (κ1) is 25.4. The molecule has 2 atom stereocenters. The summed E-state index contributed by atoms with van der Waals surface area (Å²) < 4.78 is 32.0. The van der Waals surface area contributed by atoms with Crippen molar-refractivity contribution < 1.29 is 8.42 Å². The van der Waals surface area contributed by atoms with Gasteiger partial charge < -0.3 is 4.57 Å². The third kappa shape index (κ3) is 3.90. The minimum absolute atomic E-state index is 0.283. The second kappa shape index (κ2) is 9.13. The third-order valence-corrected chi connectivity index (χ3v) is 9.96. The second-order valence-corrected chi connectivity index (χ2v) is 13.0. The molecular formula is C34H34N2O2S. The Morgan fingerprint density at radius 3 is 2.10 bits per heavy atom. The van der Waals surface area contributed by atoms with Gasteiger partial charge in [0.15, 0.2) is 0 Å². The minimum Gasteiger partial charge on any atom is -0.334 e. The van der Waals surface area contributed by atoms with Crippen LogP contribution in [-0.4, -0.2) is 17.0 Å². The summed E-state index contributed by atoms with van der Waals surface area (Å²) >= 11 is 0. The molecule has 3 aromatic carbocycles. The number of hydrogen-bond donors (Lipinski definition) is 0. The van der Waals surface area contributed by atoms with Gasteiger partial charge in [-0.05, 0) is 82.5 Å². The maximum absolute atomic E-state index is 14.0. The minimum atomic E-state index is -3.81. The predicted octanol–water partition coefficient (Wildman–Crippen LogP) is 8.33. The summed E-state index contributed by atoms with van der Waals surface area (Å²) in [6.45, 7) is 10.8. The van der Waals surface area contributed by atoms with Crippen LogP contribution in [-0.2, 0) is 15.6 Å². The Morgan fingerprint density at radius 1 is 0.846 bits per heavy atom. The number of aryl methyl sites for hydroxylation is 2. The van der Waals surface area contributed by atoms with Gasteiger partial charge in [-0.2, -0.15) is 0 Å². The van der Waals surface area contributed by atoms with Crippen LogP contribution in [0, 0.1) is 13.8 Å². The van der Waals surface area contributed by atoms with Crippen LogP contribution in [0.15, 0.2) is 101 Å². The van der Waals surface area contributed by atoms with Crippen molar-refractivity contribution in [3.05, 3.63) is 119 Å². The van der Waals surface area contributed by atoms with E-state index in [4.69, 9.17) is 0 Å². The maximum atomic E-state index is 14.0. The molecule has 1 aliphatic heterocycles. The summed E-state index contributed by atoms with van der Waals surface area (Å²) in [6.07, 6.45) is 7.55. The van der Waals surface area contributed by atoms with Gasteiger partial charge in [0, 0.05) is 27.9 Å². The normalized spacial score (nSPS) is 19.3. The van der Waals surface area contributed by atoms with E-state index in [2.05, 4.69) is 68.7 Å². The SMILES string of the molecule is CC(C)=CC1CC(C)(/C=C/c2c(C)c3ccccc3n2S(=O)(=O)c2ccccc2)n2c1c(C)c1ccccc12. The molecule has 0 amide bonds. The number of hydrogen-bond acceptors (Lipinski definition) is 2. The summed E-state index contributed by atoms with van der Waals surface area (Å²) in [5.74, 6) is 0.289. The molecule has 0 fully saturated rings. The van der Waals surface area contributed by atoms with Gasteiger partial charge in [0.1, 0.15) is 0 Å². The van der Waals surface area contributed by atoms with Crippen LogP contribution in [0.4, 0.5) is 0 Å². The summed E-state index contributed by atoms with van der Waals surface area (Å²) in [5, 5.41) is 2.22. The lowest BCUT2D eigenvalue weighted by molar-refractivity contribution is 0.439. The van der Waals surface area contributed by atoms with Gasteiger partial charge in [0.05, 0.1) is 21.6 Å².